The molecule has 2 saturated heterocycles. The van der Waals surface area contributed by atoms with Crippen LogP contribution in [-0.4, -0.2) is 71.6 Å². The fourth-order valence-electron chi connectivity index (χ4n) is 4.99. The number of halogens is 6. The van der Waals surface area contributed by atoms with Crippen molar-refractivity contribution in [1.29, 1.82) is 5.26 Å². The molecule has 210 valence electrons. The lowest BCUT2D eigenvalue weighted by molar-refractivity contribution is -0.177. The van der Waals surface area contributed by atoms with E-state index in [2.05, 4.69) is 10.6 Å². The van der Waals surface area contributed by atoms with Gasteiger partial charge in [0.1, 0.15) is 18.1 Å². The number of rotatable bonds is 1. The summed E-state index contributed by atoms with van der Waals surface area (Å²) in [7, 11) is 0. The van der Waals surface area contributed by atoms with Gasteiger partial charge in [-0.25, -0.2) is 0 Å². The zero-order chi connectivity index (χ0) is 28.6. The van der Waals surface area contributed by atoms with Gasteiger partial charge in [-0.2, -0.15) is 31.6 Å². The lowest BCUT2D eigenvalue weighted by atomic mass is 9.79. The van der Waals surface area contributed by atoms with Crippen molar-refractivity contribution < 1.29 is 45.5 Å². The highest BCUT2D eigenvalue weighted by atomic mass is 19.4. The van der Waals surface area contributed by atoms with E-state index in [0.29, 0.717) is 4.90 Å². The molecule has 38 heavy (non-hydrogen) atoms. The average Bonchev–Trinajstić information content (AvgIpc) is 3.39. The number of hydrogen-bond acceptors (Lipinski definition) is 5. The minimum atomic E-state index is -5.39. The Bertz CT molecular complexity index is 1050. The van der Waals surface area contributed by atoms with Crippen molar-refractivity contribution >= 4 is 23.6 Å². The highest BCUT2D eigenvalue weighted by Gasteiger charge is 2.54. The largest absolute Gasteiger partial charge is 0.471 e. The number of alkyl halides is 6. The van der Waals surface area contributed by atoms with Gasteiger partial charge in [-0.3, -0.25) is 19.2 Å². The molecular weight excluding hydrogens is 524 g/mol. The van der Waals surface area contributed by atoms with Crippen molar-refractivity contribution in [2.24, 2.45) is 17.3 Å². The molecule has 4 amide bonds. The number of fused-ring (bicyclic) bond motifs is 3. The quantitative estimate of drug-likeness (QED) is 0.337. The topological polar surface area (TPSA) is 131 Å². The molecule has 0 aromatic carbocycles. The first kappa shape index (κ1) is 29.2. The Kier molecular flexibility index (Phi) is 8.05. The second-order valence-corrected chi connectivity index (χ2v) is 10.5. The summed E-state index contributed by atoms with van der Waals surface area (Å²) in [5.74, 6) is -8.11. The van der Waals surface area contributed by atoms with E-state index >= 15 is 0 Å². The number of nitriles is 1. The number of nitrogens with zero attached hydrogens (tertiary/aromatic N) is 2. The van der Waals surface area contributed by atoms with Gasteiger partial charge in [0.2, 0.25) is 17.7 Å². The molecule has 15 heteroatoms. The van der Waals surface area contributed by atoms with Crippen molar-refractivity contribution in [3.05, 3.63) is 12.2 Å². The molecule has 0 saturated carbocycles. The Morgan fingerprint density at radius 3 is 2.32 bits per heavy atom. The maximum atomic E-state index is 13.6. The van der Waals surface area contributed by atoms with Crippen LogP contribution in [0.1, 0.15) is 39.5 Å². The minimum absolute atomic E-state index is 0.104. The lowest BCUT2D eigenvalue weighted by Gasteiger charge is -2.37. The third kappa shape index (κ3) is 6.39. The van der Waals surface area contributed by atoms with E-state index in [4.69, 9.17) is 0 Å². The third-order valence-electron chi connectivity index (χ3n) is 7.15. The maximum absolute atomic E-state index is 13.6. The van der Waals surface area contributed by atoms with Crippen molar-refractivity contribution in [2.75, 3.05) is 6.54 Å². The molecule has 9 nitrogen and oxygen atoms in total. The monoisotopic (exact) mass is 551 g/mol. The van der Waals surface area contributed by atoms with Gasteiger partial charge >= 0.3 is 18.3 Å². The van der Waals surface area contributed by atoms with Crippen molar-refractivity contribution in [3.8, 4) is 6.07 Å². The normalized spacial score (nSPS) is 33.2. The molecule has 1 unspecified atom stereocenters. The van der Waals surface area contributed by atoms with E-state index in [1.165, 1.54) is 19.9 Å². The number of hydrogen-bond donors (Lipinski definition) is 3. The van der Waals surface area contributed by atoms with Gasteiger partial charge in [0.15, 0.2) is 0 Å². The molecule has 0 aromatic rings. The highest BCUT2D eigenvalue weighted by molar-refractivity contribution is 5.94. The number of carbonyl (C=O) groups excluding carboxylic acids is 4. The fraction of sp³-hybridized carbons (Fsp3) is 0.696. The fourth-order valence-corrected chi connectivity index (χ4v) is 4.99. The maximum Gasteiger partial charge on any atom is 0.471 e. The van der Waals surface area contributed by atoms with Gasteiger partial charge in [0, 0.05) is 18.5 Å². The number of amides is 4. The molecule has 3 N–H and O–H groups in total. The molecule has 0 aliphatic carbocycles. The Balaban J connectivity index is 2.06. The van der Waals surface area contributed by atoms with Crippen LogP contribution in [0.15, 0.2) is 12.2 Å². The molecule has 6 atom stereocenters. The van der Waals surface area contributed by atoms with Crippen molar-refractivity contribution in [2.45, 2.75) is 76.1 Å². The van der Waals surface area contributed by atoms with Gasteiger partial charge in [-0.05, 0) is 31.1 Å². The second-order valence-electron chi connectivity index (χ2n) is 10.5. The zero-order valence-corrected chi connectivity index (χ0v) is 20.4. The van der Waals surface area contributed by atoms with Gasteiger partial charge in [0.05, 0.1) is 12.0 Å². The van der Waals surface area contributed by atoms with E-state index < -0.39 is 90.4 Å². The smallest absolute Gasteiger partial charge is 0.350 e. The highest BCUT2D eigenvalue weighted by Crippen LogP contribution is 2.39. The molecule has 3 aliphatic rings. The number of carbonyl (C=O) groups is 4. The Morgan fingerprint density at radius 2 is 1.74 bits per heavy atom. The van der Waals surface area contributed by atoms with Gasteiger partial charge in [0.25, 0.3) is 0 Å². The summed E-state index contributed by atoms with van der Waals surface area (Å²) < 4.78 is 80.2. The Labute approximate surface area is 214 Å². The number of allylic oxidation sites excluding steroid dienone is 1. The summed E-state index contributed by atoms with van der Waals surface area (Å²) in [5, 5.41) is 16.1. The molecule has 2 fully saturated rings. The van der Waals surface area contributed by atoms with E-state index in [1.54, 1.807) is 17.5 Å². The lowest BCUT2D eigenvalue weighted by Crippen LogP contribution is -2.60. The van der Waals surface area contributed by atoms with E-state index in [1.807, 2.05) is 0 Å². The predicted molar refractivity (Wildman–Crippen MR) is 117 cm³/mol. The van der Waals surface area contributed by atoms with Crippen molar-refractivity contribution in [1.82, 2.24) is 20.9 Å². The molecular formula is C23H27F6N5O4. The first-order chi connectivity index (χ1) is 17.4. The summed E-state index contributed by atoms with van der Waals surface area (Å²) in [6, 6.07) is -3.69. The molecule has 0 radical (unpaired) electrons. The molecule has 0 aromatic heterocycles. The zero-order valence-electron chi connectivity index (χ0n) is 20.4. The molecule has 3 rings (SSSR count). The summed E-state index contributed by atoms with van der Waals surface area (Å²) in [4.78, 5) is 51.3. The van der Waals surface area contributed by atoms with E-state index in [0.717, 1.165) is 0 Å². The standard InChI is InChI=1S/C23H27F6N5O4/c1-21(2)5-3-4-13-6-11(17(35)31-13)7-14(9-30)32-18(36)15-8-12(22(24,25)26)10-34(15)19(37)16(21)33-20(38)23(27,28)29/h3-4,11-16H,5-8,10H2,1-2H3,(H,31,35)(H,32,36)(H,33,38)/b4-3+/t11?,12-,13-,14+,15+,16-/m1/s1. The van der Waals surface area contributed by atoms with E-state index in [9.17, 15) is 50.8 Å². The average molecular weight is 551 g/mol. The van der Waals surface area contributed by atoms with Crippen LogP contribution in [0.3, 0.4) is 0 Å². The minimum Gasteiger partial charge on any atom is -0.350 e. The first-order valence-electron chi connectivity index (χ1n) is 11.9. The Hall–Kier alpha value is -3.31. The van der Waals surface area contributed by atoms with Crippen LogP contribution >= 0.6 is 0 Å². The number of nitrogens with one attached hydrogen (secondary N) is 3. The van der Waals surface area contributed by atoms with Crippen LogP contribution in [-0.2, 0) is 19.2 Å². The predicted octanol–water partition coefficient (Wildman–Crippen LogP) is 1.70. The molecule has 3 aliphatic heterocycles. The van der Waals surface area contributed by atoms with Crippen LogP contribution in [0, 0.1) is 28.6 Å². The van der Waals surface area contributed by atoms with Gasteiger partial charge in [-0.15, -0.1) is 0 Å². The van der Waals surface area contributed by atoms with Crippen LogP contribution in [0.5, 0.6) is 0 Å². The van der Waals surface area contributed by atoms with Crippen molar-refractivity contribution in [3.63, 3.8) is 0 Å². The SMILES string of the molecule is CC1(C)C/C=C/[C@@H]2CC(C[C@@H](C#N)NC(=O)[C@@H]3C[C@@H](C(F)(F)F)CN3C(=O)[C@H]1NC(=O)C(F)(F)F)C(=O)N2. The van der Waals surface area contributed by atoms with Crippen LogP contribution in [0.25, 0.3) is 0 Å². The van der Waals surface area contributed by atoms with Crippen LogP contribution < -0.4 is 16.0 Å². The summed E-state index contributed by atoms with van der Waals surface area (Å²) >= 11 is 0. The van der Waals surface area contributed by atoms with Gasteiger partial charge in [-0.1, -0.05) is 26.0 Å². The first-order valence-corrected chi connectivity index (χ1v) is 11.9. The van der Waals surface area contributed by atoms with Crippen LogP contribution in [0.2, 0.25) is 0 Å². The molecule has 0 spiro atoms. The van der Waals surface area contributed by atoms with Crippen LogP contribution in [0.4, 0.5) is 26.3 Å². The van der Waals surface area contributed by atoms with Gasteiger partial charge < -0.3 is 20.9 Å². The molecule has 3 heterocycles. The molecule has 2 bridgehead atoms. The third-order valence-corrected chi connectivity index (χ3v) is 7.15. The van der Waals surface area contributed by atoms with E-state index in [-0.39, 0.29) is 19.3 Å². The Morgan fingerprint density at radius 1 is 1.08 bits per heavy atom. The summed E-state index contributed by atoms with van der Waals surface area (Å²) in [6.07, 6.45) is -8.03. The summed E-state index contributed by atoms with van der Waals surface area (Å²) in [5.41, 5.74) is -1.46. The second kappa shape index (κ2) is 10.5. The summed E-state index contributed by atoms with van der Waals surface area (Å²) in [6.45, 7) is 1.68.